The fraction of sp³-hybridized carbons (Fsp3) is 0.0714. The Morgan fingerprint density at radius 2 is 1.96 bits per heavy atom. The zero-order valence-electron chi connectivity index (χ0n) is 11.9. The molecule has 1 N–H and O–H groups in total. The first-order valence-corrected chi connectivity index (χ1v) is 7.90. The van der Waals surface area contributed by atoms with E-state index in [4.69, 9.17) is 4.74 Å². The number of benzene rings is 2. The molecule has 1 aliphatic rings. The molecule has 0 atom stereocenters. The fourth-order valence-corrected chi connectivity index (χ4v) is 3.41. The van der Waals surface area contributed by atoms with Crippen LogP contribution in [-0.4, -0.2) is 26.3 Å². The highest BCUT2D eigenvalue weighted by Crippen LogP contribution is 2.32. The van der Waals surface area contributed by atoms with Gasteiger partial charge >= 0.3 is 0 Å². The Kier molecular flexibility index (Phi) is 3.49. The van der Waals surface area contributed by atoms with Crippen LogP contribution in [0.2, 0.25) is 0 Å². The Morgan fingerprint density at radius 3 is 2.65 bits per heavy atom. The third-order valence-corrected chi connectivity index (χ3v) is 4.61. The maximum atomic E-state index is 12.0. The van der Waals surface area contributed by atoms with Crippen molar-refractivity contribution in [3.05, 3.63) is 58.1 Å². The summed E-state index contributed by atoms with van der Waals surface area (Å²) in [6, 6.07) is 10.3. The molecule has 2 aromatic rings. The Labute approximate surface area is 131 Å². The predicted molar refractivity (Wildman–Crippen MR) is 83.4 cm³/mol. The van der Waals surface area contributed by atoms with E-state index < -0.39 is 14.9 Å². The van der Waals surface area contributed by atoms with E-state index >= 15 is 0 Å². The molecule has 118 valence electrons. The molecule has 0 aromatic heterocycles. The first-order chi connectivity index (χ1) is 10.9. The van der Waals surface area contributed by atoms with Crippen LogP contribution in [0, 0.1) is 10.1 Å². The summed E-state index contributed by atoms with van der Waals surface area (Å²) in [5.41, 5.74) is 0.511. The van der Waals surface area contributed by atoms with Gasteiger partial charge in [0.25, 0.3) is 15.7 Å². The van der Waals surface area contributed by atoms with Gasteiger partial charge in [-0.3, -0.25) is 10.1 Å². The average Bonchev–Trinajstić information content (AvgIpc) is 2.78. The fourth-order valence-electron chi connectivity index (χ4n) is 2.23. The van der Waals surface area contributed by atoms with E-state index in [0.29, 0.717) is 11.3 Å². The highest BCUT2D eigenvalue weighted by molar-refractivity contribution is 7.90. The molecule has 0 saturated carbocycles. The van der Waals surface area contributed by atoms with Crippen molar-refractivity contribution in [1.82, 2.24) is 0 Å². The SMILES string of the molecule is COc1ccc([N+](=O)[O-])cc1NC1=NS(=O)(=O)c2ccccc21. The number of methoxy groups -OCH3 is 1. The normalized spacial score (nSPS) is 14.7. The van der Waals surface area contributed by atoms with E-state index in [1.54, 1.807) is 18.2 Å². The van der Waals surface area contributed by atoms with Crippen LogP contribution in [-0.2, 0) is 10.0 Å². The number of hydrogen-bond donors (Lipinski definition) is 1. The molecule has 0 spiro atoms. The van der Waals surface area contributed by atoms with Crippen molar-refractivity contribution in [3.8, 4) is 5.75 Å². The maximum Gasteiger partial charge on any atom is 0.285 e. The summed E-state index contributed by atoms with van der Waals surface area (Å²) in [4.78, 5) is 10.4. The van der Waals surface area contributed by atoms with E-state index in [1.165, 1.54) is 31.4 Å². The summed E-state index contributed by atoms with van der Waals surface area (Å²) in [7, 11) is -2.36. The smallest absolute Gasteiger partial charge is 0.285 e. The summed E-state index contributed by atoms with van der Waals surface area (Å²) in [5.74, 6) is 0.430. The molecule has 0 amide bonds. The Hall–Kier alpha value is -2.94. The Bertz CT molecular complexity index is 937. The molecule has 0 radical (unpaired) electrons. The van der Waals surface area contributed by atoms with Gasteiger partial charge in [0.15, 0.2) is 5.84 Å². The molecule has 0 saturated heterocycles. The molecule has 23 heavy (non-hydrogen) atoms. The van der Waals surface area contributed by atoms with Crippen molar-refractivity contribution in [2.24, 2.45) is 4.40 Å². The lowest BCUT2D eigenvalue weighted by molar-refractivity contribution is -0.384. The summed E-state index contributed by atoms with van der Waals surface area (Å²) in [6.45, 7) is 0. The number of hydrogen-bond acceptors (Lipinski definition) is 6. The lowest BCUT2D eigenvalue weighted by Gasteiger charge is -2.10. The predicted octanol–water partition coefficient (Wildman–Crippen LogP) is 2.16. The molecule has 3 rings (SSSR count). The Balaban J connectivity index is 2.07. The highest BCUT2D eigenvalue weighted by atomic mass is 32.2. The number of anilines is 1. The van der Waals surface area contributed by atoms with E-state index in [1.807, 2.05) is 0 Å². The number of non-ortho nitro benzene ring substituents is 1. The van der Waals surface area contributed by atoms with Gasteiger partial charge in [-0.1, -0.05) is 12.1 Å². The van der Waals surface area contributed by atoms with Gasteiger partial charge in [0.2, 0.25) is 0 Å². The largest absolute Gasteiger partial charge is 0.495 e. The first kappa shape index (κ1) is 15.0. The number of ether oxygens (including phenoxy) is 1. The second-order valence-electron chi connectivity index (χ2n) is 4.68. The molecule has 0 bridgehead atoms. The summed E-state index contributed by atoms with van der Waals surface area (Å²) in [5, 5.41) is 13.7. The molecular formula is C14H11N3O5S. The second kappa shape index (κ2) is 5.36. The molecule has 0 unspecified atom stereocenters. The third-order valence-electron chi connectivity index (χ3n) is 3.28. The second-order valence-corrected chi connectivity index (χ2v) is 6.25. The molecule has 2 aromatic carbocycles. The zero-order chi connectivity index (χ0) is 16.6. The van der Waals surface area contributed by atoms with Crippen LogP contribution in [0.15, 0.2) is 51.8 Å². The van der Waals surface area contributed by atoms with Gasteiger partial charge in [0.1, 0.15) is 10.6 Å². The lowest BCUT2D eigenvalue weighted by atomic mass is 10.2. The van der Waals surface area contributed by atoms with Gasteiger partial charge in [-0.2, -0.15) is 8.42 Å². The third kappa shape index (κ3) is 2.61. The van der Waals surface area contributed by atoms with Crippen LogP contribution in [0.5, 0.6) is 5.75 Å². The lowest BCUT2D eigenvalue weighted by Crippen LogP contribution is -2.12. The minimum atomic E-state index is -3.77. The number of rotatable bonds is 3. The van der Waals surface area contributed by atoms with Crippen LogP contribution in [0.3, 0.4) is 0 Å². The standard InChI is InChI=1S/C14H11N3O5S/c1-22-12-7-6-9(17(18)19)8-11(12)15-14-10-4-2-3-5-13(10)23(20,21)16-14/h2-8H,1H3,(H,15,16). The van der Waals surface area contributed by atoms with Crippen LogP contribution in [0.25, 0.3) is 0 Å². The van der Waals surface area contributed by atoms with E-state index in [2.05, 4.69) is 9.71 Å². The van der Waals surface area contributed by atoms with Gasteiger partial charge in [0.05, 0.1) is 17.7 Å². The zero-order valence-corrected chi connectivity index (χ0v) is 12.7. The topological polar surface area (TPSA) is 111 Å². The molecule has 1 aliphatic heterocycles. The number of nitro benzene ring substituents is 1. The molecule has 9 heteroatoms. The summed E-state index contributed by atoms with van der Waals surface area (Å²) < 4.78 is 32.9. The van der Waals surface area contributed by atoms with Crippen molar-refractivity contribution in [3.63, 3.8) is 0 Å². The first-order valence-electron chi connectivity index (χ1n) is 6.46. The summed E-state index contributed by atoms with van der Waals surface area (Å²) in [6.07, 6.45) is 0. The molecule has 8 nitrogen and oxygen atoms in total. The quantitative estimate of drug-likeness (QED) is 0.680. The molecule has 0 aliphatic carbocycles. The van der Waals surface area contributed by atoms with Crippen LogP contribution in [0.4, 0.5) is 11.4 Å². The number of nitrogens with zero attached hydrogens (tertiary/aromatic N) is 2. The maximum absolute atomic E-state index is 12.0. The van der Waals surface area contributed by atoms with Crippen molar-refractivity contribution < 1.29 is 18.1 Å². The van der Waals surface area contributed by atoms with Gasteiger partial charge in [-0.05, 0) is 18.2 Å². The highest BCUT2D eigenvalue weighted by Gasteiger charge is 2.29. The van der Waals surface area contributed by atoms with Crippen LogP contribution < -0.4 is 10.1 Å². The number of fused-ring (bicyclic) bond motifs is 1. The number of nitrogens with one attached hydrogen (secondary N) is 1. The van der Waals surface area contributed by atoms with Crippen molar-refractivity contribution in [2.45, 2.75) is 4.90 Å². The molecule has 0 fully saturated rings. The van der Waals surface area contributed by atoms with Crippen molar-refractivity contribution in [2.75, 3.05) is 12.4 Å². The van der Waals surface area contributed by atoms with E-state index in [9.17, 15) is 18.5 Å². The minimum absolute atomic E-state index is 0.0897. The Morgan fingerprint density at radius 1 is 1.22 bits per heavy atom. The van der Waals surface area contributed by atoms with Gasteiger partial charge in [-0.25, -0.2) is 0 Å². The number of nitro groups is 1. The minimum Gasteiger partial charge on any atom is -0.495 e. The number of sulfonamides is 1. The molecule has 1 heterocycles. The monoisotopic (exact) mass is 333 g/mol. The van der Waals surface area contributed by atoms with Gasteiger partial charge < -0.3 is 10.1 Å². The van der Waals surface area contributed by atoms with Gasteiger partial charge in [-0.15, -0.1) is 4.40 Å². The van der Waals surface area contributed by atoms with Crippen LogP contribution in [0.1, 0.15) is 5.56 Å². The van der Waals surface area contributed by atoms with E-state index in [-0.39, 0.29) is 22.1 Å². The van der Waals surface area contributed by atoms with Crippen LogP contribution >= 0.6 is 0 Å². The summed E-state index contributed by atoms with van der Waals surface area (Å²) >= 11 is 0. The average molecular weight is 333 g/mol. The molecular weight excluding hydrogens is 322 g/mol. The number of amidine groups is 1. The van der Waals surface area contributed by atoms with Gasteiger partial charge in [0, 0.05) is 17.7 Å². The van der Waals surface area contributed by atoms with Crippen molar-refractivity contribution >= 4 is 27.2 Å². The van der Waals surface area contributed by atoms with Crippen molar-refractivity contribution in [1.29, 1.82) is 0 Å². The van der Waals surface area contributed by atoms with E-state index in [0.717, 1.165) is 0 Å².